The predicted molar refractivity (Wildman–Crippen MR) is 87.3 cm³/mol. The molecule has 2 rings (SSSR count). The number of hydrogen-bond donors (Lipinski definition) is 2. The molecule has 134 valence electrons. The average Bonchev–Trinajstić information content (AvgIpc) is 2.99. The Balaban J connectivity index is 2.26. The van der Waals surface area contributed by atoms with Crippen molar-refractivity contribution >= 4 is 23.5 Å². The molecule has 1 aromatic carbocycles. The summed E-state index contributed by atoms with van der Waals surface area (Å²) in [6, 6.07) is 5.46. The fourth-order valence-corrected chi connectivity index (χ4v) is 2.06. The maximum atomic E-state index is 13.3. The Morgan fingerprint density at radius 3 is 2.64 bits per heavy atom. The topological polar surface area (TPSA) is 75.0 Å². The summed E-state index contributed by atoms with van der Waals surface area (Å²) in [7, 11) is 0. The van der Waals surface area contributed by atoms with Crippen LogP contribution in [0.5, 0.6) is 0 Å². The number of hydrogen-bond acceptors (Lipinski definition) is 4. The van der Waals surface area contributed by atoms with Gasteiger partial charge in [0.25, 0.3) is 0 Å². The second-order valence-corrected chi connectivity index (χ2v) is 5.24. The van der Waals surface area contributed by atoms with Gasteiger partial charge in [0.1, 0.15) is 17.3 Å². The van der Waals surface area contributed by atoms with Gasteiger partial charge in [0.2, 0.25) is 0 Å². The van der Waals surface area contributed by atoms with Crippen LogP contribution in [-0.4, -0.2) is 34.6 Å². The van der Waals surface area contributed by atoms with Gasteiger partial charge in [0.15, 0.2) is 5.11 Å². The van der Waals surface area contributed by atoms with E-state index in [-0.39, 0.29) is 35.3 Å². The summed E-state index contributed by atoms with van der Waals surface area (Å²) >= 11 is 4.75. The molecule has 0 amide bonds. The Morgan fingerprint density at radius 2 is 2.04 bits per heavy atom. The van der Waals surface area contributed by atoms with Crippen LogP contribution in [0.3, 0.4) is 0 Å². The van der Waals surface area contributed by atoms with Crippen LogP contribution in [0, 0.1) is 5.82 Å². The molecule has 0 aliphatic carbocycles. The molecular formula is C15H13F4N3O2S. The van der Waals surface area contributed by atoms with E-state index in [0.29, 0.717) is 6.07 Å². The van der Waals surface area contributed by atoms with Gasteiger partial charge in [0.05, 0.1) is 24.9 Å². The molecule has 25 heavy (non-hydrogen) atoms. The smallest absolute Gasteiger partial charge is 0.419 e. The summed E-state index contributed by atoms with van der Waals surface area (Å²) in [5.41, 5.74) is 4.10. The van der Waals surface area contributed by atoms with Crippen LogP contribution < -0.4 is 5.73 Å². The molecule has 0 bridgehead atoms. The molecule has 0 radical (unpaired) electrons. The van der Waals surface area contributed by atoms with E-state index in [2.05, 4.69) is 5.10 Å². The second kappa shape index (κ2) is 7.62. The minimum absolute atomic E-state index is 0.0644. The quantitative estimate of drug-likeness (QED) is 0.364. The molecule has 0 saturated carbocycles. The molecule has 0 atom stereocenters. The van der Waals surface area contributed by atoms with Crippen molar-refractivity contribution in [3.05, 3.63) is 47.5 Å². The van der Waals surface area contributed by atoms with Crippen molar-refractivity contribution in [1.82, 2.24) is 5.01 Å². The predicted octanol–water partition coefficient (Wildman–Crippen LogP) is 2.98. The monoisotopic (exact) mass is 375 g/mol. The lowest BCUT2D eigenvalue weighted by molar-refractivity contribution is -0.139. The first-order valence-electron chi connectivity index (χ1n) is 6.91. The number of aliphatic hydroxyl groups is 1. The lowest BCUT2D eigenvalue weighted by atomic mass is 10.1. The van der Waals surface area contributed by atoms with Gasteiger partial charge in [0, 0.05) is 5.56 Å². The Bertz CT molecular complexity index is 789. The third-order valence-electron chi connectivity index (χ3n) is 3.07. The molecule has 0 aliphatic rings. The lowest BCUT2D eigenvalue weighted by Gasteiger charge is -2.14. The summed E-state index contributed by atoms with van der Waals surface area (Å²) in [5, 5.41) is 13.9. The first-order chi connectivity index (χ1) is 11.7. The minimum Gasteiger partial charge on any atom is -0.455 e. The first-order valence-corrected chi connectivity index (χ1v) is 7.32. The van der Waals surface area contributed by atoms with Crippen molar-refractivity contribution < 1.29 is 27.1 Å². The molecule has 0 aliphatic heterocycles. The highest BCUT2D eigenvalue weighted by Crippen LogP contribution is 2.34. The van der Waals surface area contributed by atoms with E-state index in [1.165, 1.54) is 24.4 Å². The zero-order valence-corrected chi connectivity index (χ0v) is 13.4. The highest BCUT2D eigenvalue weighted by atomic mass is 32.1. The zero-order chi connectivity index (χ0) is 18.6. The van der Waals surface area contributed by atoms with E-state index >= 15 is 0 Å². The van der Waals surface area contributed by atoms with Crippen molar-refractivity contribution in [2.45, 2.75) is 6.18 Å². The third kappa shape index (κ3) is 4.77. The standard InChI is InChI=1S/C15H13F4N3O2S/c16-12-3-1-9(7-11(12)15(17,18)19)13-4-2-10(24-13)8-21-22(5-6-23)14(20)25/h1-4,7-8,23H,5-6H2,(H2,20,25). The van der Waals surface area contributed by atoms with Gasteiger partial charge in [-0.15, -0.1) is 0 Å². The number of alkyl halides is 3. The molecule has 5 nitrogen and oxygen atoms in total. The second-order valence-electron chi connectivity index (χ2n) is 4.82. The maximum absolute atomic E-state index is 13.3. The molecule has 0 saturated heterocycles. The third-order valence-corrected chi connectivity index (χ3v) is 3.28. The van der Waals surface area contributed by atoms with Gasteiger partial charge in [-0.25, -0.2) is 9.40 Å². The van der Waals surface area contributed by atoms with Crippen LogP contribution in [-0.2, 0) is 6.18 Å². The average molecular weight is 375 g/mol. The molecule has 1 heterocycles. The first kappa shape index (κ1) is 18.9. The molecule has 3 N–H and O–H groups in total. The van der Waals surface area contributed by atoms with E-state index in [4.69, 9.17) is 27.5 Å². The molecule has 1 aromatic heterocycles. The number of halogens is 4. The van der Waals surface area contributed by atoms with E-state index in [9.17, 15) is 17.6 Å². The summed E-state index contributed by atoms with van der Waals surface area (Å²) in [6.07, 6.45) is -3.56. The molecule has 0 fully saturated rings. The molecular weight excluding hydrogens is 362 g/mol. The van der Waals surface area contributed by atoms with Crippen LogP contribution >= 0.6 is 12.2 Å². The van der Waals surface area contributed by atoms with Gasteiger partial charge in [-0.05, 0) is 42.5 Å². The minimum atomic E-state index is -4.81. The summed E-state index contributed by atoms with van der Waals surface area (Å²) in [6.45, 7) is -0.153. The highest BCUT2D eigenvalue weighted by Gasteiger charge is 2.34. The number of nitrogens with zero attached hydrogens (tertiary/aromatic N) is 2. The number of thiocarbonyl (C=S) groups is 1. The normalized spacial score (nSPS) is 11.9. The van der Waals surface area contributed by atoms with Gasteiger partial charge in [-0.2, -0.15) is 18.3 Å². The van der Waals surface area contributed by atoms with Crippen LogP contribution in [0.2, 0.25) is 0 Å². The largest absolute Gasteiger partial charge is 0.455 e. The number of hydrazone groups is 1. The van der Waals surface area contributed by atoms with Crippen LogP contribution in [0.4, 0.5) is 17.6 Å². The van der Waals surface area contributed by atoms with Crippen LogP contribution in [0.15, 0.2) is 39.9 Å². The Morgan fingerprint density at radius 1 is 1.32 bits per heavy atom. The molecule has 2 aromatic rings. The van der Waals surface area contributed by atoms with Crippen molar-refractivity contribution in [1.29, 1.82) is 0 Å². The van der Waals surface area contributed by atoms with Gasteiger partial charge in [-0.3, -0.25) is 0 Å². The number of rotatable bonds is 5. The van der Waals surface area contributed by atoms with E-state index < -0.39 is 17.6 Å². The highest BCUT2D eigenvalue weighted by molar-refractivity contribution is 7.80. The lowest BCUT2D eigenvalue weighted by Crippen LogP contribution is -2.33. The number of aliphatic hydroxyl groups excluding tert-OH is 1. The Hall–Kier alpha value is -2.46. The fourth-order valence-electron chi connectivity index (χ4n) is 1.92. The number of benzene rings is 1. The van der Waals surface area contributed by atoms with E-state index in [0.717, 1.165) is 11.1 Å². The van der Waals surface area contributed by atoms with Crippen molar-refractivity contribution in [2.75, 3.05) is 13.2 Å². The summed E-state index contributed by atoms with van der Waals surface area (Å²) in [5.74, 6) is -1.04. The summed E-state index contributed by atoms with van der Waals surface area (Å²) in [4.78, 5) is 0. The number of nitrogens with two attached hydrogens (primary N) is 1. The van der Waals surface area contributed by atoms with Crippen molar-refractivity contribution in [2.24, 2.45) is 10.8 Å². The van der Waals surface area contributed by atoms with E-state index in [1.807, 2.05) is 0 Å². The SMILES string of the molecule is NC(=S)N(CCO)N=Cc1ccc(-c2ccc(F)c(C(F)(F)F)c2)o1. The van der Waals surface area contributed by atoms with Gasteiger partial charge >= 0.3 is 6.18 Å². The van der Waals surface area contributed by atoms with Crippen LogP contribution in [0.25, 0.3) is 11.3 Å². The van der Waals surface area contributed by atoms with Gasteiger partial charge < -0.3 is 15.3 Å². The Labute approximate surface area is 145 Å². The zero-order valence-electron chi connectivity index (χ0n) is 12.6. The van der Waals surface area contributed by atoms with Crippen molar-refractivity contribution in [3.8, 4) is 11.3 Å². The number of furan rings is 1. The van der Waals surface area contributed by atoms with Gasteiger partial charge in [-0.1, -0.05) is 0 Å². The van der Waals surface area contributed by atoms with E-state index in [1.54, 1.807) is 0 Å². The van der Waals surface area contributed by atoms with Crippen LogP contribution in [0.1, 0.15) is 11.3 Å². The molecule has 0 spiro atoms. The maximum Gasteiger partial charge on any atom is 0.419 e. The van der Waals surface area contributed by atoms with Crippen molar-refractivity contribution in [3.63, 3.8) is 0 Å². The summed E-state index contributed by atoms with van der Waals surface area (Å²) < 4.78 is 57.0. The molecule has 0 unspecified atom stereocenters. The molecule has 10 heteroatoms. The fraction of sp³-hybridized carbons (Fsp3) is 0.200. The Kier molecular flexibility index (Phi) is 5.75.